The lowest BCUT2D eigenvalue weighted by atomic mass is 10.1. The van der Waals surface area contributed by atoms with Crippen LogP contribution in [0.15, 0.2) is 66.7 Å². The minimum atomic E-state index is -0.281. The minimum Gasteiger partial charge on any atom is -0.424 e. The molecule has 144 valence electrons. The van der Waals surface area contributed by atoms with E-state index < -0.39 is 0 Å². The highest BCUT2D eigenvalue weighted by Gasteiger charge is 2.05. The molecule has 1 N–H and O–H groups in total. The van der Waals surface area contributed by atoms with Gasteiger partial charge in [-0.05, 0) is 80.6 Å². The molecule has 2 aromatic carbocycles. The van der Waals surface area contributed by atoms with E-state index in [0.717, 1.165) is 22.6 Å². The third-order valence-corrected chi connectivity index (χ3v) is 4.10. The highest BCUT2D eigenvalue weighted by molar-refractivity contribution is 5.62. The van der Waals surface area contributed by atoms with E-state index in [0.29, 0.717) is 23.3 Å². The molecular weight excluding hydrogens is 369 g/mol. The molecule has 0 aliphatic rings. The first-order chi connectivity index (χ1) is 14.0. The number of hydrogen-bond donors (Lipinski definition) is 1. The second kappa shape index (κ2) is 8.02. The lowest BCUT2D eigenvalue weighted by molar-refractivity contribution is 0.439. The molecule has 0 amide bonds. The zero-order valence-electron chi connectivity index (χ0n) is 15.9. The molecule has 0 atom stereocenters. The number of ether oxygens (including phenoxy) is 1. The summed E-state index contributed by atoms with van der Waals surface area (Å²) in [4.78, 5) is 8.54. The normalized spacial score (nSPS) is 10.6. The Morgan fingerprint density at radius 3 is 2.10 bits per heavy atom. The monoisotopic (exact) mass is 387 g/mol. The maximum Gasteiger partial charge on any atom is 0.322 e. The fourth-order valence-electron chi connectivity index (χ4n) is 2.77. The van der Waals surface area contributed by atoms with Crippen LogP contribution in [0.5, 0.6) is 11.8 Å². The van der Waals surface area contributed by atoms with Crippen molar-refractivity contribution in [1.29, 1.82) is 0 Å². The average molecular weight is 387 g/mol. The van der Waals surface area contributed by atoms with Gasteiger partial charge >= 0.3 is 6.01 Å². The highest BCUT2D eigenvalue weighted by Crippen LogP contribution is 2.23. The summed E-state index contributed by atoms with van der Waals surface area (Å²) in [6, 6.07) is 19.4. The summed E-state index contributed by atoms with van der Waals surface area (Å²) in [5, 5.41) is 11.5. The Balaban J connectivity index is 1.42. The van der Waals surface area contributed by atoms with Crippen molar-refractivity contribution < 1.29 is 9.13 Å². The highest BCUT2D eigenvalue weighted by atomic mass is 19.1. The van der Waals surface area contributed by atoms with Gasteiger partial charge in [-0.1, -0.05) is 0 Å². The molecule has 4 aromatic rings. The Bertz CT molecular complexity index is 1090. The van der Waals surface area contributed by atoms with Gasteiger partial charge in [0.2, 0.25) is 0 Å². The van der Waals surface area contributed by atoms with Crippen molar-refractivity contribution in [3.63, 3.8) is 0 Å². The zero-order chi connectivity index (χ0) is 20.2. The van der Waals surface area contributed by atoms with Gasteiger partial charge in [0.15, 0.2) is 5.82 Å². The summed E-state index contributed by atoms with van der Waals surface area (Å²) < 4.78 is 18.7. The van der Waals surface area contributed by atoms with Crippen LogP contribution in [-0.2, 0) is 0 Å². The molecule has 0 bridgehead atoms. The van der Waals surface area contributed by atoms with Gasteiger partial charge < -0.3 is 10.1 Å². The second-order valence-corrected chi connectivity index (χ2v) is 6.50. The van der Waals surface area contributed by atoms with E-state index in [2.05, 4.69) is 25.5 Å². The number of anilines is 2. The summed E-state index contributed by atoms with van der Waals surface area (Å²) in [6.45, 7) is 3.80. The third kappa shape index (κ3) is 4.70. The number of aromatic nitrogens is 4. The summed E-state index contributed by atoms with van der Waals surface area (Å²) >= 11 is 0. The van der Waals surface area contributed by atoms with E-state index in [9.17, 15) is 4.39 Å². The Labute approximate surface area is 167 Å². The minimum absolute atomic E-state index is 0.281. The van der Waals surface area contributed by atoms with Gasteiger partial charge in [0.1, 0.15) is 11.6 Å². The standard InChI is InChI=1S/C22H18FN5O/c1-14-13-15(2)25-22(24-14)29-19-9-7-18(8-10-19)26-21-12-11-20(27-28-21)16-3-5-17(23)6-4-16/h3-13H,1-2H3,(H,26,28). The molecule has 0 spiro atoms. The molecule has 0 aliphatic heterocycles. The Morgan fingerprint density at radius 1 is 0.793 bits per heavy atom. The number of rotatable bonds is 5. The van der Waals surface area contributed by atoms with Crippen LogP contribution >= 0.6 is 0 Å². The van der Waals surface area contributed by atoms with Crippen LogP contribution in [0.25, 0.3) is 11.3 Å². The van der Waals surface area contributed by atoms with Crippen LogP contribution in [0, 0.1) is 19.7 Å². The van der Waals surface area contributed by atoms with E-state index in [1.54, 1.807) is 12.1 Å². The van der Waals surface area contributed by atoms with Crippen molar-refractivity contribution in [2.75, 3.05) is 5.32 Å². The van der Waals surface area contributed by atoms with Crippen LogP contribution in [-0.4, -0.2) is 20.2 Å². The quantitative estimate of drug-likeness (QED) is 0.506. The van der Waals surface area contributed by atoms with Crippen LogP contribution in [0.1, 0.15) is 11.4 Å². The molecule has 0 unspecified atom stereocenters. The van der Waals surface area contributed by atoms with Gasteiger partial charge in [0.25, 0.3) is 0 Å². The number of nitrogens with one attached hydrogen (secondary N) is 1. The third-order valence-electron chi connectivity index (χ3n) is 4.10. The van der Waals surface area contributed by atoms with Gasteiger partial charge in [-0.2, -0.15) is 0 Å². The van der Waals surface area contributed by atoms with Crippen LogP contribution in [0.4, 0.5) is 15.9 Å². The fraction of sp³-hybridized carbons (Fsp3) is 0.0909. The lowest BCUT2D eigenvalue weighted by Gasteiger charge is -2.08. The summed E-state index contributed by atoms with van der Waals surface area (Å²) in [6.07, 6.45) is 0. The number of halogens is 1. The number of aryl methyl sites for hydroxylation is 2. The first kappa shape index (κ1) is 18.5. The Kier molecular flexibility index (Phi) is 5.11. The van der Waals surface area contributed by atoms with E-state index in [-0.39, 0.29) is 5.82 Å². The summed E-state index contributed by atoms with van der Waals surface area (Å²) in [5.74, 6) is 0.956. The lowest BCUT2D eigenvalue weighted by Crippen LogP contribution is -1.97. The molecule has 29 heavy (non-hydrogen) atoms. The first-order valence-electron chi connectivity index (χ1n) is 9.02. The second-order valence-electron chi connectivity index (χ2n) is 6.50. The smallest absolute Gasteiger partial charge is 0.322 e. The molecule has 4 rings (SSSR count). The predicted octanol–water partition coefficient (Wildman–Crippen LogP) is 5.23. The van der Waals surface area contributed by atoms with Crippen molar-refractivity contribution in [3.8, 4) is 23.0 Å². The van der Waals surface area contributed by atoms with Crippen molar-refractivity contribution in [3.05, 3.63) is 83.9 Å². The van der Waals surface area contributed by atoms with Crippen LogP contribution in [0.3, 0.4) is 0 Å². The topological polar surface area (TPSA) is 72.8 Å². The Morgan fingerprint density at radius 2 is 1.48 bits per heavy atom. The molecule has 0 saturated carbocycles. The molecule has 0 saturated heterocycles. The van der Waals surface area contributed by atoms with E-state index in [1.807, 2.05) is 56.3 Å². The van der Waals surface area contributed by atoms with E-state index in [1.165, 1.54) is 12.1 Å². The van der Waals surface area contributed by atoms with Gasteiger partial charge in [-0.15, -0.1) is 10.2 Å². The fourth-order valence-corrected chi connectivity index (χ4v) is 2.77. The molecule has 0 fully saturated rings. The first-order valence-corrected chi connectivity index (χ1v) is 9.02. The number of benzene rings is 2. The van der Waals surface area contributed by atoms with E-state index in [4.69, 9.17) is 4.74 Å². The maximum atomic E-state index is 13.0. The summed E-state index contributed by atoms with van der Waals surface area (Å²) in [7, 11) is 0. The van der Waals surface area contributed by atoms with Crippen molar-refractivity contribution in [2.24, 2.45) is 0 Å². The molecule has 0 radical (unpaired) electrons. The van der Waals surface area contributed by atoms with Gasteiger partial charge in [0.05, 0.1) is 5.69 Å². The van der Waals surface area contributed by atoms with Gasteiger partial charge in [0, 0.05) is 22.6 Å². The SMILES string of the molecule is Cc1cc(C)nc(Oc2ccc(Nc3ccc(-c4ccc(F)cc4)nn3)cc2)n1. The largest absolute Gasteiger partial charge is 0.424 e. The van der Waals surface area contributed by atoms with Crippen LogP contribution < -0.4 is 10.1 Å². The number of hydrogen-bond acceptors (Lipinski definition) is 6. The molecule has 6 nitrogen and oxygen atoms in total. The van der Waals surface area contributed by atoms with Gasteiger partial charge in [-0.25, -0.2) is 14.4 Å². The zero-order valence-corrected chi connectivity index (χ0v) is 15.9. The van der Waals surface area contributed by atoms with Gasteiger partial charge in [-0.3, -0.25) is 0 Å². The van der Waals surface area contributed by atoms with Crippen molar-refractivity contribution >= 4 is 11.5 Å². The van der Waals surface area contributed by atoms with Crippen molar-refractivity contribution in [1.82, 2.24) is 20.2 Å². The summed E-state index contributed by atoms with van der Waals surface area (Å²) in [5.41, 5.74) is 4.03. The number of nitrogens with zero attached hydrogens (tertiary/aromatic N) is 4. The van der Waals surface area contributed by atoms with Crippen LogP contribution in [0.2, 0.25) is 0 Å². The molecule has 2 aromatic heterocycles. The van der Waals surface area contributed by atoms with Crippen molar-refractivity contribution in [2.45, 2.75) is 13.8 Å². The average Bonchev–Trinajstić information content (AvgIpc) is 2.70. The predicted molar refractivity (Wildman–Crippen MR) is 109 cm³/mol. The Hall–Kier alpha value is -3.87. The van der Waals surface area contributed by atoms with E-state index >= 15 is 0 Å². The molecule has 0 aliphatic carbocycles. The molecular formula is C22H18FN5O. The molecule has 7 heteroatoms. The molecule has 2 heterocycles. The maximum absolute atomic E-state index is 13.0.